The van der Waals surface area contributed by atoms with Gasteiger partial charge in [-0.1, -0.05) is 29.4 Å². The fourth-order valence-corrected chi connectivity index (χ4v) is 4.54. The van der Waals surface area contributed by atoms with Crippen molar-refractivity contribution in [3.8, 4) is 28.5 Å². The van der Waals surface area contributed by atoms with Crippen LogP contribution in [-0.2, 0) is 13.0 Å². The van der Waals surface area contributed by atoms with E-state index in [0.717, 1.165) is 52.2 Å². The third-order valence-electron chi connectivity index (χ3n) is 6.35. The van der Waals surface area contributed by atoms with E-state index in [2.05, 4.69) is 25.0 Å². The van der Waals surface area contributed by atoms with E-state index in [-0.39, 0.29) is 6.01 Å². The number of ether oxygens (including phenoxy) is 1. The van der Waals surface area contributed by atoms with Gasteiger partial charge in [-0.25, -0.2) is 4.79 Å². The Morgan fingerprint density at radius 2 is 1.86 bits per heavy atom. The normalized spacial score (nSPS) is 13.7. The molecule has 0 saturated carbocycles. The van der Waals surface area contributed by atoms with Crippen LogP contribution in [-0.4, -0.2) is 58.0 Å². The number of pyridine rings is 1. The van der Waals surface area contributed by atoms with Crippen LogP contribution in [0, 0.1) is 0 Å². The second kappa shape index (κ2) is 10.2. The number of H-pyrrole nitrogens is 1. The number of aromatic nitrogens is 3. The summed E-state index contributed by atoms with van der Waals surface area (Å²) in [6.45, 7) is 0.764. The Morgan fingerprint density at radius 1 is 1.05 bits per heavy atom. The van der Waals surface area contributed by atoms with Gasteiger partial charge in [-0.3, -0.25) is 9.88 Å². The monoisotopic (exact) mass is 496 g/mol. The van der Waals surface area contributed by atoms with E-state index in [0.29, 0.717) is 17.8 Å². The van der Waals surface area contributed by atoms with Crippen LogP contribution in [0.15, 0.2) is 72.1 Å². The number of benzene rings is 2. The first-order valence-corrected chi connectivity index (χ1v) is 12.0. The summed E-state index contributed by atoms with van der Waals surface area (Å²) < 4.78 is 5.69. The maximum Gasteiger partial charge on any atom is 0.421 e. The van der Waals surface area contributed by atoms with Gasteiger partial charge >= 0.3 is 12.1 Å². The lowest BCUT2D eigenvalue weighted by Gasteiger charge is -2.17. The minimum absolute atomic E-state index is 0.0983. The molecule has 1 aliphatic rings. The molecule has 0 bridgehead atoms. The fraction of sp³-hybridized carbons (Fsp3) is 0.214. The summed E-state index contributed by atoms with van der Waals surface area (Å²) in [4.78, 5) is 28.5. The molecule has 5 rings (SSSR count). The van der Waals surface area contributed by atoms with Gasteiger partial charge in [-0.2, -0.15) is 4.98 Å². The van der Waals surface area contributed by atoms with Crippen LogP contribution in [0.2, 0.25) is 0 Å². The lowest BCUT2D eigenvalue weighted by atomic mass is 10.0. The van der Waals surface area contributed by atoms with E-state index in [1.165, 1.54) is 4.90 Å². The highest BCUT2D eigenvalue weighted by Gasteiger charge is 2.23. The standard InChI is InChI=1S/C28H28N6O3/c1-33(2)17-18-5-4-6-22(15-18)34(3)28(35)37-27-30-25(19-11-13-29-14-12-19)26(31-27)21-7-9-23-20(16-21)8-10-24(23)32-36/h4-7,9,11-16,36H,8,10,17H2,1-3H3,(H,30,31). The van der Waals surface area contributed by atoms with Crippen LogP contribution >= 0.6 is 0 Å². The number of aryl methyl sites for hydroxylation is 1. The first-order chi connectivity index (χ1) is 17.9. The van der Waals surface area contributed by atoms with E-state index in [1.54, 1.807) is 19.4 Å². The zero-order valence-corrected chi connectivity index (χ0v) is 21.0. The first kappa shape index (κ1) is 24.2. The van der Waals surface area contributed by atoms with Crippen LogP contribution in [0.1, 0.15) is 23.1 Å². The first-order valence-electron chi connectivity index (χ1n) is 12.0. The lowest BCUT2D eigenvalue weighted by molar-refractivity contribution is 0.205. The summed E-state index contributed by atoms with van der Waals surface area (Å²) in [5, 5.41) is 12.7. The van der Waals surface area contributed by atoms with Crippen LogP contribution < -0.4 is 9.64 Å². The van der Waals surface area contributed by atoms with E-state index >= 15 is 0 Å². The Bertz CT molecular complexity index is 1460. The number of aromatic amines is 1. The molecule has 0 unspecified atom stereocenters. The molecule has 2 N–H and O–H groups in total. The summed E-state index contributed by atoms with van der Waals surface area (Å²) in [5.41, 5.74) is 7.64. The number of anilines is 1. The highest BCUT2D eigenvalue weighted by molar-refractivity contribution is 6.04. The maximum absolute atomic E-state index is 13.0. The molecule has 1 aliphatic carbocycles. The van der Waals surface area contributed by atoms with Gasteiger partial charge in [0.25, 0.3) is 0 Å². The number of carbonyl (C=O) groups excluding carboxylic acids is 1. The van der Waals surface area contributed by atoms with Crippen LogP contribution in [0.4, 0.5) is 10.5 Å². The van der Waals surface area contributed by atoms with Crippen molar-refractivity contribution in [3.63, 3.8) is 0 Å². The Labute approximate surface area is 215 Å². The molecular formula is C28H28N6O3. The smallest absolute Gasteiger partial charge is 0.411 e. The maximum atomic E-state index is 13.0. The number of carbonyl (C=O) groups is 1. The second-order valence-electron chi connectivity index (χ2n) is 9.25. The molecule has 0 radical (unpaired) electrons. The molecule has 9 nitrogen and oxygen atoms in total. The van der Waals surface area contributed by atoms with E-state index in [9.17, 15) is 10.0 Å². The van der Waals surface area contributed by atoms with Gasteiger partial charge in [0.05, 0.1) is 11.4 Å². The molecule has 0 aliphatic heterocycles. The number of nitrogens with one attached hydrogen (secondary N) is 1. The van der Waals surface area contributed by atoms with E-state index in [1.807, 2.05) is 68.7 Å². The van der Waals surface area contributed by atoms with Crippen molar-refractivity contribution in [3.05, 3.63) is 83.7 Å². The average molecular weight is 497 g/mol. The molecule has 0 saturated heterocycles. The molecule has 2 aromatic carbocycles. The molecule has 4 aromatic rings. The third kappa shape index (κ3) is 5.07. The largest absolute Gasteiger partial charge is 0.421 e. The fourth-order valence-electron chi connectivity index (χ4n) is 4.54. The molecule has 1 amide bonds. The van der Waals surface area contributed by atoms with Crippen LogP contribution in [0.3, 0.4) is 0 Å². The Hall–Kier alpha value is -4.50. The number of hydrogen-bond acceptors (Lipinski definition) is 7. The van der Waals surface area contributed by atoms with Crippen molar-refractivity contribution in [2.45, 2.75) is 19.4 Å². The summed E-state index contributed by atoms with van der Waals surface area (Å²) in [6.07, 6.45) is 4.33. The topological polar surface area (TPSA) is 107 Å². The highest BCUT2D eigenvalue weighted by Crippen LogP contribution is 2.35. The predicted molar refractivity (Wildman–Crippen MR) is 142 cm³/mol. The zero-order chi connectivity index (χ0) is 25.9. The number of nitrogens with zero attached hydrogens (tertiary/aromatic N) is 5. The van der Waals surface area contributed by atoms with E-state index < -0.39 is 6.09 Å². The number of rotatable bonds is 6. The minimum Gasteiger partial charge on any atom is -0.411 e. The molecule has 0 fully saturated rings. The molecule has 2 heterocycles. The Kier molecular flexibility index (Phi) is 6.70. The molecule has 9 heteroatoms. The molecule has 188 valence electrons. The van der Waals surface area contributed by atoms with Crippen molar-refractivity contribution >= 4 is 17.5 Å². The SMILES string of the molecule is CN(C)Cc1cccc(N(C)C(=O)Oc2nc(-c3ccc4c(c3)CCC4=NO)c(-c3ccncc3)[nH]2)c1. The van der Waals surface area contributed by atoms with Crippen molar-refractivity contribution in [1.29, 1.82) is 0 Å². The van der Waals surface area contributed by atoms with Gasteiger partial charge in [0, 0.05) is 48.4 Å². The third-order valence-corrected chi connectivity index (χ3v) is 6.35. The lowest BCUT2D eigenvalue weighted by Crippen LogP contribution is -2.29. The van der Waals surface area contributed by atoms with E-state index in [4.69, 9.17) is 4.74 Å². The highest BCUT2D eigenvalue weighted by atomic mass is 16.6. The number of fused-ring (bicyclic) bond motifs is 1. The number of imidazole rings is 1. The molecule has 0 spiro atoms. The second-order valence-corrected chi connectivity index (χ2v) is 9.25. The van der Waals surface area contributed by atoms with Gasteiger partial charge < -0.3 is 19.8 Å². The predicted octanol–water partition coefficient (Wildman–Crippen LogP) is 4.96. The zero-order valence-electron chi connectivity index (χ0n) is 21.0. The Morgan fingerprint density at radius 3 is 2.62 bits per heavy atom. The van der Waals surface area contributed by atoms with Crippen LogP contribution in [0.5, 0.6) is 6.01 Å². The van der Waals surface area contributed by atoms with Gasteiger partial charge in [0.15, 0.2) is 0 Å². The summed E-state index contributed by atoms with van der Waals surface area (Å²) >= 11 is 0. The van der Waals surface area contributed by atoms with Crippen LogP contribution in [0.25, 0.3) is 22.5 Å². The van der Waals surface area contributed by atoms with Crippen molar-refractivity contribution in [2.24, 2.45) is 5.16 Å². The van der Waals surface area contributed by atoms with Gasteiger partial charge in [-0.05, 0) is 68.4 Å². The number of oxime groups is 1. The molecule has 37 heavy (non-hydrogen) atoms. The summed E-state index contributed by atoms with van der Waals surface area (Å²) in [5.74, 6) is 0. The van der Waals surface area contributed by atoms with Crippen molar-refractivity contribution < 1.29 is 14.7 Å². The summed E-state index contributed by atoms with van der Waals surface area (Å²) in [6, 6.07) is 17.5. The van der Waals surface area contributed by atoms with Crippen molar-refractivity contribution in [2.75, 3.05) is 26.0 Å². The van der Waals surface area contributed by atoms with Gasteiger partial charge in [0.2, 0.25) is 0 Å². The van der Waals surface area contributed by atoms with Crippen molar-refractivity contribution in [1.82, 2.24) is 19.9 Å². The average Bonchev–Trinajstić information content (AvgIpc) is 3.52. The Balaban J connectivity index is 1.45. The number of hydrogen-bond donors (Lipinski definition) is 2. The van der Waals surface area contributed by atoms with Gasteiger partial charge in [0.1, 0.15) is 5.69 Å². The molecule has 2 aromatic heterocycles. The number of amides is 1. The van der Waals surface area contributed by atoms with Gasteiger partial charge in [-0.15, -0.1) is 0 Å². The quantitative estimate of drug-likeness (QED) is 0.289. The summed E-state index contributed by atoms with van der Waals surface area (Å²) in [7, 11) is 5.67. The molecule has 0 atom stereocenters. The minimum atomic E-state index is -0.554. The molecular weight excluding hydrogens is 468 g/mol.